The number of nitrogens with two attached hydrogens (primary N) is 1. The molecule has 1 nitrogen and oxygen atoms in total. The fraction of sp³-hybridized carbons (Fsp3) is 0.478. The average Bonchev–Trinajstić information content (AvgIpc) is 3.14. The van der Waals surface area contributed by atoms with Crippen LogP contribution in [-0.2, 0) is 18.2 Å². The molecule has 0 aromatic heterocycles. The molecule has 0 heterocycles. The van der Waals surface area contributed by atoms with Gasteiger partial charge < -0.3 is 5.73 Å². The Labute approximate surface area is 314 Å². The second kappa shape index (κ2) is 19.9. The molecule has 4 aromatic rings. The van der Waals surface area contributed by atoms with Crippen molar-refractivity contribution in [2.45, 2.75) is 129 Å². The molecular weight excluding hydrogens is 708 g/mol. The first kappa shape index (κ1) is 39.4. The van der Waals surface area contributed by atoms with Crippen LogP contribution in [0.1, 0.15) is 152 Å². The number of para-hydroxylation sites is 1. The summed E-state index contributed by atoms with van der Waals surface area (Å²) in [6.07, 6.45) is 14.4. The van der Waals surface area contributed by atoms with Gasteiger partial charge in [0, 0.05) is 0 Å². The van der Waals surface area contributed by atoms with Crippen LogP contribution in [0.25, 0.3) is 22.3 Å². The van der Waals surface area contributed by atoms with Gasteiger partial charge in [0.15, 0.2) is 0 Å². The number of benzene rings is 4. The molecule has 0 saturated heterocycles. The summed E-state index contributed by atoms with van der Waals surface area (Å²) in [5.74, 6) is 4.11. The van der Waals surface area contributed by atoms with Crippen LogP contribution in [0.5, 0.6) is 0 Å². The van der Waals surface area contributed by atoms with Crippen LogP contribution < -0.4 is 5.73 Å². The Bertz CT molecular complexity index is 1500. The van der Waals surface area contributed by atoms with Crippen LogP contribution in [-0.4, -0.2) is 0 Å². The molecule has 2 aliphatic rings. The molecule has 2 saturated carbocycles. The van der Waals surface area contributed by atoms with Crippen molar-refractivity contribution in [2.24, 2.45) is 11.8 Å². The summed E-state index contributed by atoms with van der Waals surface area (Å²) in [4.78, 5) is 0. The van der Waals surface area contributed by atoms with E-state index in [9.17, 15) is 0 Å². The second-order valence-electron chi connectivity index (χ2n) is 15.3. The van der Waals surface area contributed by atoms with E-state index in [0.717, 1.165) is 34.6 Å². The van der Waals surface area contributed by atoms with E-state index in [1.807, 2.05) is 48.5 Å². The van der Waals surface area contributed by atoms with Gasteiger partial charge in [0.25, 0.3) is 0 Å². The summed E-state index contributed by atoms with van der Waals surface area (Å²) in [7, 11) is 4.49. The van der Waals surface area contributed by atoms with E-state index >= 15 is 0 Å². The van der Waals surface area contributed by atoms with Crippen LogP contribution in [0.15, 0.2) is 84.9 Å². The zero-order chi connectivity index (χ0) is 35.3. The average molecular weight is 769 g/mol. The quantitative estimate of drug-likeness (QED) is 0.108. The van der Waals surface area contributed by atoms with Crippen LogP contribution in [0.3, 0.4) is 0 Å². The Morgan fingerprint density at radius 3 is 1.55 bits per heavy atom. The number of nitrogen functional groups attached to an aromatic ring is 1. The zero-order valence-corrected chi connectivity index (χ0v) is 33.2. The van der Waals surface area contributed by atoms with Crippen molar-refractivity contribution >= 4 is 15.2 Å². The van der Waals surface area contributed by atoms with Gasteiger partial charge >= 0.3 is 27.7 Å². The first-order valence-corrected chi connectivity index (χ1v) is 21.0. The van der Waals surface area contributed by atoms with E-state index in [4.69, 9.17) is 5.73 Å². The van der Waals surface area contributed by atoms with E-state index in [1.54, 1.807) is 27.8 Å². The Kier molecular flexibility index (Phi) is 16.0. The molecule has 0 amide bonds. The molecular formula is C46H60ClNPd. The Balaban J connectivity index is 0.000000299. The molecule has 2 fully saturated rings. The summed E-state index contributed by atoms with van der Waals surface area (Å²) < 4.78 is 0. The minimum absolute atomic E-state index is 0.530. The fourth-order valence-electron chi connectivity index (χ4n) is 8.46. The van der Waals surface area contributed by atoms with Gasteiger partial charge in [-0.15, -0.1) is 35.9 Å². The van der Waals surface area contributed by atoms with Crippen LogP contribution in [0.4, 0.5) is 5.69 Å². The number of rotatable bonds is 8. The number of hydrogen-bond acceptors (Lipinski definition) is 1. The van der Waals surface area contributed by atoms with E-state index in [-0.39, 0.29) is 0 Å². The Hall–Kier alpha value is -2.37. The Morgan fingerprint density at radius 2 is 1.08 bits per heavy atom. The summed E-state index contributed by atoms with van der Waals surface area (Å²) in [6, 6.07) is 33.5. The molecule has 3 heteroatoms. The Morgan fingerprint density at radius 1 is 0.592 bits per heavy atom. The van der Waals surface area contributed by atoms with E-state index in [0.29, 0.717) is 17.8 Å². The molecule has 6 rings (SSSR count). The van der Waals surface area contributed by atoms with Crippen molar-refractivity contribution in [2.75, 3.05) is 5.73 Å². The van der Waals surface area contributed by atoms with Crippen molar-refractivity contribution in [3.8, 4) is 22.3 Å². The summed E-state index contributed by atoms with van der Waals surface area (Å²) >= 11 is 2.22. The van der Waals surface area contributed by atoms with Crippen LogP contribution >= 0.6 is 9.53 Å². The molecule has 0 spiro atoms. The summed E-state index contributed by atoms with van der Waals surface area (Å²) in [6.45, 7) is 14.3. The second-order valence-corrected chi connectivity index (χ2v) is 15.3. The standard InChI is InChI=1S/C34H50.C12H10N.ClH.Pd/c1-23(2)28-21-31(24(3)4)34(32(22-28)25(5)6)30-20-14-13-19-29(30)33(26-15-9-7-10-16-26)27-17-11-8-12-18-27;13-12-9-5-4-8-11(12)10-6-2-1-3-7-10;;/h13-14,19-27,33H,7-12,15-18H2,1-6H3;1-6,8-9H,13H2;1H;/q;-1;;+2/p-1. The SMILES string of the molecule is CC(C)c1cc(C(C)C)c(-c2ccccc2C(C2CCCCC2)C2CCCCC2)c(C(C)C)c1.Nc1ccccc1-c1[c-]cccc1.[Cl][Pd+]. The van der Waals surface area contributed by atoms with Crippen molar-refractivity contribution in [3.05, 3.63) is 113 Å². The topological polar surface area (TPSA) is 26.0 Å². The van der Waals surface area contributed by atoms with Gasteiger partial charge in [-0.25, -0.2) is 0 Å². The van der Waals surface area contributed by atoms with Crippen molar-refractivity contribution in [3.63, 3.8) is 0 Å². The molecule has 266 valence electrons. The van der Waals surface area contributed by atoms with Gasteiger partial charge in [0.1, 0.15) is 0 Å². The van der Waals surface area contributed by atoms with Gasteiger partial charge in [-0.1, -0.05) is 140 Å². The molecule has 4 aromatic carbocycles. The molecule has 2 N–H and O–H groups in total. The fourth-order valence-corrected chi connectivity index (χ4v) is 8.46. The van der Waals surface area contributed by atoms with Crippen molar-refractivity contribution < 1.29 is 18.2 Å². The van der Waals surface area contributed by atoms with Gasteiger partial charge in [-0.05, 0) is 106 Å². The van der Waals surface area contributed by atoms with Gasteiger partial charge in [0.2, 0.25) is 0 Å². The number of halogens is 1. The molecule has 0 radical (unpaired) electrons. The van der Waals surface area contributed by atoms with E-state index in [2.05, 4.69) is 112 Å². The molecule has 0 atom stereocenters. The normalized spacial score (nSPS) is 15.6. The maximum absolute atomic E-state index is 5.83. The predicted molar refractivity (Wildman–Crippen MR) is 211 cm³/mol. The predicted octanol–water partition coefficient (Wildman–Crippen LogP) is 14.4. The minimum atomic E-state index is 0.530. The third kappa shape index (κ3) is 10.3. The maximum atomic E-state index is 5.83. The monoisotopic (exact) mass is 767 g/mol. The van der Waals surface area contributed by atoms with E-state index in [1.165, 1.54) is 69.8 Å². The first-order chi connectivity index (χ1) is 23.8. The third-order valence-electron chi connectivity index (χ3n) is 11.0. The zero-order valence-electron chi connectivity index (χ0n) is 30.9. The molecule has 49 heavy (non-hydrogen) atoms. The van der Waals surface area contributed by atoms with Gasteiger partial charge in [-0.3, -0.25) is 0 Å². The van der Waals surface area contributed by atoms with Gasteiger partial charge in [0.05, 0.1) is 0 Å². The van der Waals surface area contributed by atoms with Gasteiger partial charge in [-0.2, -0.15) is 0 Å². The summed E-state index contributed by atoms with van der Waals surface area (Å²) in [5, 5.41) is 0. The third-order valence-corrected chi connectivity index (χ3v) is 11.0. The molecule has 0 aliphatic heterocycles. The number of anilines is 1. The molecule has 2 aliphatic carbocycles. The van der Waals surface area contributed by atoms with Crippen LogP contribution in [0, 0.1) is 17.9 Å². The molecule has 0 bridgehead atoms. The van der Waals surface area contributed by atoms with Crippen LogP contribution in [0.2, 0.25) is 0 Å². The first-order valence-electron chi connectivity index (χ1n) is 19.0. The van der Waals surface area contributed by atoms with Crippen molar-refractivity contribution in [1.29, 1.82) is 0 Å². The number of hydrogen-bond donors (Lipinski definition) is 1. The van der Waals surface area contributed by atoms with Crippen molar-refractivity contribution in [1.82, 2.24) is 0 Å². The molecule has 0 unspecified atom stereocenters. The van der Waals surface area contributed by atoms with E-state index < -0.39 is 0 Å². The summed E-state index contributed by atoms with van der Waals surface area (Å²) in [5.41, 5.74) is 18.2.